The van der Waals surface area contributed by atoms with Gasteiger partial charge in [-0.05, 0) is 29.7 Å². The highest BCUT2D eigenvalue weighted by Gasteiger charge is 2.26. The van der Waals surface area contributed by atoms with Crippen molar-refractivity contribution in [2.75, 3.05) is 13.7 Å². The smallest absolute Gasteiger partial charge is 0.323 e. The van der Waals surface area contributed by atoms with E-state index in [0.29, 0.717) is 6.42 Å². The maximum absolute atomic E-state index is 13.0. The summed E-state index contributed by atoms with van der Waals surface area (Å²) in [7, 11) is 1.59. The second-order valence-corrected chi connectivity index (χ2v) is 5.81. The number of benzene rings is 2. The first-order valence-corrected chi connectivity index (χ1v) is 8.23. The lowest BCUT2D eigenvalue weighted by atomic mass is 9.94. The average Bonchev–Trinajstić information content (AvgIpc) is 2.63. The van der Waals surface area contributed by atoms with Gasteiger partial charge in [-0.2, -0.15) is 0 Å². The summed E-state index contributed by atoms with van der Waals surface area (Å²) in [6.07, 6.45) is 0.593. The highest BCUT2D eigenvalue weighted by molar-refractivity contribution is 5.86. The maximum Gasteiger partial charge on any atom is 0.323 e. The van der Waals surface area contributed by atoms with E-state index in [9.17, 15) is 14.7 Å². The van der Waals surface area contributed by atoms with Gasteiger partial charge < -0.3 is 14.7 Å². The molecule has 0 aromatic heterocycles. The predicted molar refractivity (Wildman–Crippen MR) is 95.5 cm³/mol. The van der Waals surface area contributed by atoms with Crippen LogP contribution in [0.2, 0.25) is 0 Å². The molecule has 1 amide bonds. The SMILES string of the molecule is CCC(C(=O)N(CC(=O)O)Cc1ccccc1)c1ccc(OC)cc1. The molecule has 5 heteroatoms. The fourth-order valence-corrected chi connectivity index (χ4v) is 2.79. The van der Waals surface area contributed by atoms with Crippen molar-refractivity contribution in [2.45, 2.75) is 25.8 Å². The number of carbonyl (C=O) groups excluding carboxylic acids is 1. The van der Waals surface area contributed by atoms with Crippen LogP contribution in [0.4, 0.5) is 0 Å². The van der Waals surface area contributed by atoms with Crippen LogP contribution in [0.3, 0.4) is 0 Å². The van der Waals surface area contributed by atoms with Crippen molar-refractivity contribution >= 4 is 11.9 Å². The summed E-state index contributed by atoms with van der Waals surface area (Å²) in [5.74, 6) is -0.862. The molecule has 2 aromatic carbocycles. The summed E-state index contributed by atoms with van der Waals surface area (Å²) in [5, 5.41) is 9.19. The molecule has 0 saturated heterocycles. The Morgan fingerprint density at radius 2 is 1.72 bits per heavy atom. The summed E-state index contributed by atoms with van der Waals surface area (Å²) < 4.78 is 5.15. The molecule has 0 aliphatic heterocycles. The molecule has 2 rings (SSSR count). The van der Waals surface area contributed by atoms with E-state index in [4.69, 9.17) is 4.74 Å². The number of carbonyl (C=O) groups is 2. The molecule has 2 aromatic rings. The van der Waals surface area contributed by atoms with Gasteiger partial charge in [-0.25, -0.2) is 0 Å². The van der Waals surface area contributed by atoms with Crippen LogP contribution in [-0.4, -0.2) is 35.5 Å². The van der Waals surface area contributed by atoms with Gasteiger partial charge in [-0.1, -0.05) is 49.4 Å². The molecule has 0 heterocycles. The summed E-state index contributed by atoms with van der Waals surface area (Å²) in [6.45, 7) is 1.88. The molecule has 0 radical (unpaired) electrons. The van der Waals surface area contributed by atoms with E-state index < -0.39 is 5.97 Å². The van der Waals surface area contributed by atoms with E-state index in [1.807, 2.05) is 61.5 Å². The number of amides is 1. The summed E-state index contributed by atoms with van der Waals surface area (Å²) in [4.78, 5) is 25.6. The first-order chi connectivity index (χ1) is 12.0. The van der Waals surface area contributed by atoms with Gasteiger partial charge >= 0.3 is 5.97 Å². The predicted octanol–water partition coefficient (Wildman–Crippen LogP) is 3.30. The number of nitrogens with zero attached hydrogens (tertiary/aromatic N) is 1. The van der Waals surface area contributed by atoms with Gasteiger partial charge in [0.1, 0.15) is 12.3 Å². The Bertz CT molecular complexity index is 697. The molecule has 0 aliphatic rings. The van der Waals surface area contributed by atoms with E-state index in [1.165, 1.54) is 4.90 Å². The van der Waals surface area contributed by atoms with E-state index in [2.05, 4.69) is 0 Å². The van der Waals surface area contributed by atoms with Crippen LogP contribution in [0, 0.1) is 0 Å². The van der Waals surface area contributed by atoms with Gasteiger partial charge in [0.25, 0.3) is 0 Å². The Balaban J connectivity index is 2.23. The third-order valence-electron chi connectivity index (χ3n) is 4.08. The zero-order valence-electron chi connectivity index (χ0n) is 14.5. The fraction of sp³-hybridized carbons (Fsp3) is 0.300. The Labute approximate surface area is 147 Å². The second kappa shape index (κ2) is 8.87. The Morgan fingerprint density at radius 1 is 1.08 bits per heavy atom. The lowest BCUT2D eigenvalue weighted by molar-refractivity contribution is -0.145. The second-order valence-electron chi connectivity index (χ2n) is 5.81. The molecule has 0 fully saturated rings. The van der Waals surface area contributed by atoms with Crippen LogP contribution in [0.25, 0.3) is 0 Å². The molecular weight excluding hydrogens is 318 g/mol. The standard InChI is InChI=1S/C20H23NO4/c1-3-18(16-9-11-17(25-2)12-10-16)20(24)21(14-19(22)23)13-15-7-5-4-6-8-15/h4-12,18H,3,13-14H2,1-2H3,(H,22,23). The third-order valence-corrected chi connectivity index (χ3v) is 4.08. The zero-order valence-corrected chi connectivity index (χ0v) is 14.5. The van der Waals surface area contributed by atoms with E-state index in [1.54, 1.807) is 7.11 Å². The molecule has 0 bridgehead atoms. The number of rotatable bonds is 8. The molecule has 5 nitrogen and oxygen atoms in total. The molecule has 1 N–H and O–H groups in total. The first-order valence-electron chi connectivity index (χ1n) is 8.23. The van der Waals surface area contributed by atoms with Gasteiger partial charge in [0.15, 0.2) is 0 Å². The van der Waals surface area contributed by atoms with Crippen molar-refractivity contribution in [3.63, 3.8) is 0 Å². The largest absolute Gasteiger partial charge is 0.497 e. The normalized spacial score (nSPS) is 11.6. The number of carboxylic acid groups (broad SMARTS) is 1. The number of carboxylic acids is 1. The van der Waals surface area contributed by atoms with Crippen molar-refractivity contribution in [3.8, 4) is 5.75 Å². The van der Waals surface area contributed by atoms with Crippen LogP contribution in [-0.2, 0) is 16.1 Å². The van der Waals surface area contributed by atoms with Crippen molar-refractivity contribution in [1.82, 2.24) is 4.90 Å². The van der Waals surface area contributed by atoms with E-state index >= 15 is 0 Å². The summed E-state index contributed by atoms with van der Waals surface area (Å²) in [5.41, 5.74) is 1.76. The maximum atomic E-state index is 13.0. The van der Waals surface area contributed by atoms with Gasteiger partial charge in [0.2, 0.25) is 5.91 Å². The molecule has 0 aliphatic carbocycles. The monoisotopic (exact) mass is 341 g/mol. The number of hydrogen-bond acceptors (Lipinski definition) is 3. The Hall–Kier alpha value is -2.82. The van der Waals surface area contributed by atoms with Gasteiger partial charge in [-0.15, -0.1) is 0 Å². The van der Waals surface area contributed by atoms with Gasteiger partial charge in [-0.3, -0.25) is 9.59 Å². The van der Waals surface area contributed by atoms with Crippen molar-refractivity contribution in [3.05, 3.63) is 65.7 Å². The highest BCUT2D eigenvalue weighted by Crippen LogP contribution is 2.25. The van der Waals surface area contributed by atoms with Crippen LogP contribution in [0.5, 0.6) is 5.75 Å². The number of hydrogen-bond donors (Lipinski definition) is 1. The van der Waals surface area contributed by atoms with Gasteiger partial charge in [0, 0.05) is 6.54 Å². The molecular formula is C20H23NO4. The third kappa shape index (κ3) is 5.08. The quantitative estimate of drug-likeness (QED) is 0.800. The first kappa shape index (κ1) is 18.5. The molecule has 132 valence electrons. The fourth-order valence-electron chi connectivity index (χ4n) is 2.79. The van der Waals surface area contributed by atoms with E-state index in [0.717, 1.165) is 16.9 Å². The van der Waals surface area contributed by atoms with Gasteiger partial charge in [0.05, 0.1) is 13.0 Å². The van der Waals surface area contributed by atoms with Crippen LogP contribution in [0.1, 0.15) is 30.4 Å². The minimum absolute atomic E-state index is 0.182. The highest BCUT2D eigenvalue weighted by atomic mass is 16.5. The zero-order chi connectivity index (χ0) is 18.2. The topological polar surface area (TPSA) is 66.8 Å². The lowest BCUT2D eigenvalue weighted by Gasteiger charge is -2.26. The van der Waals surface area contributed by atoms with Crippen LogP contribution < -0.4 is 4.74 Å². The molecule has 25 heavy (non-hydrogen) atoms. The Kier molecular flexibility index (Phi) is 6.57. The summed E-state index contributed by atoms with van der Waals surface area (Å²) in [6, 6.07) is 16.7. The van der Waals surface area contributed by atoms with Crippen molar-refractivity contribution in [1.29, 1.82) is 0 Å². The molecule has 0 saturated carbocycles. The molecule has 0 spiro atoms. The lowest BCUT2D eigenvalue weighted by Crippen LogP contribution is -2.38. The molecule has 1 atom stereocenters. The molecule has 1 unspecified atom stereocenters. The van der Waals surface area contributed by atoms with Crippen LogP contribution >= 0.6 is 0 Å². The van der Waals surface area contributed by atoms with E-state index in [-0.39, 0.29) is 24.9 Å². The number of ether oxygens (including phenoxy) is 1. The average molecular weight is 341 g/mol. The number of methoxy groups -OCH3 is 1. The van der Waals surface area contributed by atoms with Crippen LogP contribution in [0.15, 0.2) is 54.6 Å². The minimum atomic E-state index is -1.02. The van der Waals surface area contributed by atoms with Crippen molar-refractivity contribution < 1.29 is 19.4 Å². The summed E-state index contributed by atoms with van der Waals surface area (Å²) >= 11 is 0. The minimum Gasteiger partial charge on any atom is -0.497 e. The Morgan fingerprint density at radius 3 is 2.24 bits per heavy atom. The number of aliphatic carboxylic acids is 1. The van der Waals surface area contributed by atoms with Crippen molar-refractivity contribution in [2.24, 2.45) is 0 Å².